The van der Waals surface area contributed by atoms with Gasteiger partial charge in [-0.15, -0.1) is 0 Å². The number of aromatic hydroxyl groups is 1. The maximum absolute atomic E-state index is 12.5. The second-order valence-electron chi connectivity index (χ2n) is 5.54. The SMILES string of the molecule is CCCC1CCCN(C(=O)c2ccc(Br)c(O)c2)CC1. The van der Waals surface area contributed by atoms with Gasteiger partial charge in [0.25, 0.3) is 5.91 Å². The maximum atomic E-state index is 12.5. The summed E-state index contributed by atoms with van der Waals surface area (Å²) in [7, 11) is 0. The molecule has 1 unspecified atom stereocenters. The fourth-order valence-corrected chi connectivity index (χ4v) is 3.14. The number of benzene rings is 1. The van der Waals surface area contributed by atoms with Crippen LogP contribution in [0.25, 0.3) is 0 Å². The predicted molar refractivity (Wildman–Crippen MR) is 84.0 cm³/mol. The van der Waals surface area contributed by atoms with Gasteiger partial charge in [0.2, 0.25) is 0 Å². The molecule has 110 valence electrons. The number of phenolic OH excluding ortho intramolecular Hbond substituents is 1. The van der Waals surface area contributed by atoms with E-state index in [1.165, 1.54) is 19.3 Å². The minimum atomic E-state index is 0.0324. The number of amides is 1. The van der Waals surface area contributed by atoms with Crippen molar-refractivity contribution >= 4 is 21.8 Å². The van der Waals surface area contributed by atoms with Crippen LogP contribution in [0.5, 0.6) is 5.75 Å². The number of hydrogen-bond acceptors (Lipinski definition) is 2. The van der Waals surface area contributed by atoms with Crippen LogP contribution in [0.2, 0.25) is 0 Å². The van der Waals surface area contributed by atoms with Gasteiger partial charge in [0.05, 0.1) is 4.47 Å². The van der Waals surface area contributed by atoms with Crippen molar-refractivity contribution in [3.05, 3.63) is 28.2 Å². The van der Waals surface area contributed by atoms with Crippen LogP contribution in [-0.4, -0.2) is 29.0 Å². The Labute approximate surface area is 129 Å². The van der Waals surface area contributed by atoms with Crippen molar-refractivity contribution in [3.8, 4) is 5.75 Å². The Hall–Kier alpha value is -1.03. The van der Waals surface area contributed by atoms with Gasteiger partial charge in [-0.25, -0.2) is 0 Å². The molecule has 2 rings (SSSR count). The number of rotatable bonds is 3. The Morgan fingerprint density at radius 2 is 2.20 bits per heavy atom. The molecule has 0 radical (unpaired) electrons. The minimum absolute atomic E-state index is 0.0324. The van der Waals surface area contributed by atoms with Gasteiger partial charge in [-0.3, -0.25) is 4.79 Å². The molecular weight excluding hydrogens is 318 g/mol. The van der Waals surface area contributed by atoms with Crippen molar-refractivity contribution in [2.45, 2.75) is 39.0 Å². The van der Waals surface area contributed by atoms with Gasteiger partial charge in [0, 0.05) is 18.7 Å². The van der Waals surface area contributed by atoms with Gasteiger partial charge in [0.1, 0.15) is 5.75 Å². The number of carbonyl (C=O) groups is 1. The van der Waals surface area contributed by atoms with E-state index in [9.17, 15) is 9.90 Å². The van der Waals surface area contributed by atoms with Gasteiger partial charge in [-0.1, -0.05) is 19.8 Å². The fourth-order valence-electron chi connectivity index (χ4n) is 2.89. The van der Waals surface area contributed by atoms with E-state index in [4.69, 9.17) is 0 Å². The molecule has 1 N–H and O–H groups in total. The summed E-state index contributed by atoms with van der Waals surface area (Å²) in [5, 5.41) is 9.70. The van der Waals surface area contributed by atoms with Crippen molar-refractivity contribution in [1.82, 2.24) is 4.90 Å². The largest absolute Gasteiger partial charge is 0.507 e. The smallest absolute Gasteiger partial charge is 0.253 e. The highest BCUT2D eigenvalue weighted by atomic mass is 79.9. The summed E-state index contributed by atoms with van der Waals surface area (Å²) in [6.45, 7) is 3.88. The number of halogens is 1. The highest BCUT2D eigenvalue weighted by Gasteiger charge is 2.21. The molecule has 1 amide bonds. The zero-order valence-electron chi connectivity index (χ0n) is 11.9. The number of nitrogens with zero attached hydrogens (tertiary/aromatic N) is 1. The number of phenols is 1. The molecule has 20 heavy (non-hydrogen) atoms. The average molecular weight is 340 g/mol. The Kier molecular flexibility index (Phi) is 5.46. The lowest BCUT2D eigenvalue weighted by atomic mass is 9.96. The van der Waals surface area contributed by atoms with Gasteiger partial charge < -0.3 is 10.0 Å². The van der Waals surface area contributed by atoms with E-state index in [0.717, 1.165) is 31.8 Å². The molecular formula is C16H22BrNO2. The summed E-state index contributed by atoms with van der Waals surface area (Å²) < 4.78 is 0.618. The van der Waals surface area contributed by atoms with Gasteiger partial charge in [-0.2, -0.15) is 0 Å². The van der Waals surface area contributed by atoms with Crippen LogP contribution in [-0.2, 0) is 0 Å². The molecule has 4 heteroatoms. The summed E-state index contributed by atoms with van der Waals surface area (Å²) in [5.41, 5.74) is 0.569. The molecule has 1 aromatic rings. The Morgan fingerprint density at radius 3 is 2.90 bits per heavy atom. The van der Waals surface area contributed by atoms with E-state index in [0.29, 0.717) is 10.0 Å². The normalized spacial score (nSPS) is 19.7. The zero-order valence-corrected chi connectivity index (χ0v) is 13.5. The molecule has 1 heterocycles. The first-order valence-corrected chi connectivity index (χ1v) is 8.19. The zero-order chi connectivity index (χ0) is 14.5. The molecule has 1 aliphatic heterocycles. The van der Waals surface area contributed by atoms with Crippen molar-refractivity contribution in [2.24, 2.45) is 5.92 Å². The lowest BCUT2D eigenvalue weighted by Gasteiger charge is -2.21. The first-order chi connectivity index (χ1) is 9.61. The quantitative estimate of drug-likeness (QED) is 0.896. The Balaban J connectivity index is 2.03. The standard InChI is InChI=1S/C16H22BrNO2/c1-2-4-12-5-3-9-18(10-8-12)16(20)13-6-7-14(17)15(19)11-13/h6-7,11-12,19H,2-5,8-10H2,1H3. The molecule has 0 aromatic heterocycles. The molecule has 0 bridgehead atoms. The van der Waals surface area contributed by atoms with E-state index in [-0.39, 0.29) is 11.7 Å². The summed E-state index contributed by atoms with van der Waals surface area (Å²) in [6, 6.07) is 5.03. The third kappa shape index (κ3) is 3.75. The van der Waals surface area contributed by atoms with Gasteiger partial charge >= 0.3 is 0 Å². The topological polar surface area (TPSA) is 40.5 Å². The molecule has 0 saturated carbocycles. The van der Waals surface area contributed by atoms with Crippen LogP contribution >= 0.6 is 15.9 Å². The van der Waals surface area contributed by atoms with Crippen molar-refractivity contribution in [3.63, 3.8) is 0 Å². The molecule has 0 spiro atoms. The monoisotopic (exact) mass is 339 g/mol. The average Bonchev–Trinajstić information content (AvgIpc) is 2.67. The van der Waals surface area contributed by atoms with Gasteiger partial charge in [-0.05, 0) is 59.3 Å². The van der Waals surface area contributed by atoms with Crippen molar-refractivity contribution in [2.75, 3.05) is 13.1 Å². The first kappa shape index (κ1) is 15.4. The van der Waals surface area contributed by atoms with Crippen molar-refractivity contribution in [1.29, 1.82) is 0 Å². The number of hydrogen-bond donors (Lipinski definition) is 1. The lowest BCUT2D eigenvalue weighted by Crippen LogP contribution is -2.32. The fraction of sp³-hybridized carbons (Fsp3) is 0.562. The molecule has 1 saturated heterocycles. The van der Waals surface area contributed by atoms with E-state index in [2.05, 4.69) is 22.9 Å². The maximum Gasteiger partial charge on any atom is 0.253 e. The molecule has 1 fully saturated rings. The van der Waals surface area contributed by atoms with Crippen LogP contribution in [0.15, 0.2) is 22.7 Å². The Bertz CT molecular complexity index is 476. The first-order valence-electron chi connectivity index (χ1n) is 7.39. The lowest BCUT2D eigenvalue weighted by molar-refractivity contribution is 0.0759. The minimum Gasteiger partial charge on any atom is -0.507 e. The van der Waals surface area contributed by atoms with E-state index in [1.807, 2.05) is 4.90 Å². The molecule has 0 aliphatic carbocycles. The highest BCUT2D eigenvalue weighted by Crippen LogP contribution is 2.26. The molecule has 1 atom stereocenters. The molecule has 3 nitrogen and oxygen atoms in total. The highest BCUT2D eigenvalue weighted by molar-refractivity contribution is 9.10. The number of likely N-dealkylation sites (tertiary alicyclic amines) is 1. The van der Waals surface area contributed by atoms with Crippen LogP contribution < -0.4 is 0 Å². The van der Waals surface area contributed by atoms with Crippen LogP contribution in [0.1, 0.15) is 49.4 Å². The summed E-state index contributed by atoms with van der Waals surface area (Å²) >= 11 is 3.24. The van der Waals surface area contributed by atoms with Crippen LogP contribution in [0.4, 0.5) is 0 Å². The van der Waals surface area contributed by atoms with E-state index >= 15 is 0 Å². The third-order valence-corrected chi connectivity index (χ3v) is 4.70. The predicted octanol–water partition coefficient (Wildman–Crippen LogP) is 4.20. The summed E-state index contributed by atoms with van der Waals surface area (Å²) in [6.07, 6.45) is 5.89. The summed E-state index contributed by atoms with van der Waals surface area (Å²) in [4.78, 5) is 14.4. The van der Waals surface area contributed by atoms with Crippen molar-refractivity contribution < 1.29 is 9.90 Å². The molecule has 1 aromatic carbocycles. The van der Waals surface area contributed by atoms with Crippen LogP contribution in [0, 0.1) is 5.92 Å². The second kappa shape index (κ2) is 7.11. The van der Waals surface area contributed by atoms with Gasteiger partial charge in [0.15, 0.2) is 0 Å². The third-order valence-electron chi connectivity index (χ3n) is 4.02. The Morgan fingerprint density at radius 1 is 1.40 bits per heavy atom. The van der Waals surface area contributed by atoms with E-state index in [1.54, 1.807) is 18.2 Å². The van der Waals surface area contributed by atoms with Crippen LogP contribution in [0.3, 0.4) is 0 Å². The molecule has 1 aliphatic rings. The second-order valence-corrected chi connectivity index (χ2v) is 6.40. The summed E-state index contributed by atoms with van der Waals surface area (Å²) in [5.74, 6) is 0.913. The van der Waals surface area contributed by atoms with E-state index < -0.39 is 0 Å². The number of carbonyl (C=O) groups excluding carboxylic acids is 1.